The van der Waals surface area contributed by atoms with Gasteiger partial charge in [-0.05, 0) is 36.8 Å². The molecular weight excluding hydrogens is 370 g/mol. The highest BCUT2D eigenvalue weighted by Crippen LogP contribution is 2.23. The molecule has 1 atom stereocenters. The summed E-state index contributed by atoms with van der Waals surface area (Å²) in [4.78, 5) is 24.7. The molecule has 0 aliphatic heterocycles. The van der Waals surface area contributed by atoms with E-state index < -0.39 is 11.8 Å². The highest BCUT2D eigenvalue weighted by molar-refractivity contribution is 6.30. The smallest absolute Gasteiger partial charge is 0.245 e. The summed E-state index contributed by atoms with van der Waals surface area (Å²) in [7, 11) is 0. The number of hydrogen-bond donors (Lipinski definition) is 2. The van der Waals surface area contributed by atoms with E-state index in [1.807, 2.05) is 0 Å². The number of rotatable bonds is 7. The second-order valence-electron chi connectivity index (χ2n) is 5.98. The van der Waals surface area contributed by atoms with Gasteiger partial charge in [0, 0.05) is 17.5 Å². The molecule has 1 unspecified atom stereocenters. The van der Waals surface area contributed by atoms with Crippen LogP contribution in [0.1, 0.15) is 23.0 Å². The average Bonchev–Trinajstić information content (AvgIpc) is 3.30. The number of benzene rings is 1. The molecule has 0 bridgehead atoms. The molecule has 1 aromatic carbocycles. The van der Waals surface area contributed by atoms with Crippen molar-refractivity contribution in [1.82, 2.24) is 10.5 Å². The van der Waals surface area contributed by atoms with Crippen LogP contribution < -0.4 is 10.6 Å². The van der Waals surface area contributed by atoms with E-state index in [9.17, 15) is 9.59 Å². The van der Waals surface area contributed by atoms with E-state index >= 15 is 0 Å². The second kappa shape index (κ2) is 8.55. The van der Waals surface area contributed by atoms with Crippen LogP contribution in [0.25, 0.3) is 0 Å². The van der Waals surface area contributed by atoms with Crippen LogP contribution in [0.15, 0.2) is 57.7 Å². The minimum absolute atomic E-state index is 0.188. The van der Waals surface area contributed by atoms with Crippen LogP contribution in [-0.4, -0.2) is 23.5 Å². The van der Waals surface area contributed by atoms with Gasteiger partial charge in [0.2, 0.25) is 11.8 Å². The number of anilines is 1. The largest absolute Gasteiger partial charge is 0.469 e. The molecule has 0 spiro atoms. The number of aryl methyl sites for hydroxylation is 1. The highest BCUT2D eigenvalue weighted by atomic mass is 35.5. The van der Waals surface area contributed by atoms with Gasteiger partial charge >= 0.3 is 0 Å². The van der Waals surface area contributed by atoms with Crippen molar-refractivity contribution in [1.29, 1.82) is 0 Å². The molecule has 0 aliphatic rings. The predicted octanol–water partition coefficient (Wildman–Crippen LogP) is 3.31. The Bertz CT molecular complexity index is 903. The van der Waals surface area contributed by atoms with Gasteiger partial charge in [0.15, 0.2) is 5.82 Å². The van der Waals surface area contributed by atoms with Gasteiger partial charge in [-0.25, -0.2) is 0 Å². The lowest BCUT2D eigenvalue weighted by Gasteiger charge is -2.16. The number of nitrogens with zero attached hydrogens (tertiary/aromatic N) is 1. The van der Waals surface area contributed by atoms with Crippen molar-refractivity contribution in [2.24, 2.45) is 0 Å². The molecule has 0 fully saturated rings. The number of carbonyl (C=O) groups is 2. The molecule has 2 heterocycles. The van der Waals surface area contributed by atoms with E-state index in [2.05, 4.69) is 15.8 Å². The summed E-state index contributed by atoms with van der Waals surface area (Å²) in [6.07, 6.45) is 1.92. The normalized spacial score (nSPS) is 11.8. The minimum Gasteiger partial charge on any atom is -0.469 e. The van der Waals surface area contributed by atoms with Gasteiger partial charge < -0.3 is 19.6 Å². The van der Waals surface area contributed by atoms with Crippen molar-refractivity contribution in [3.63, 3.8) is 0 Å². The summed E-state index contributed by atoms with van der Waals surface area (Å²) in [6.45, 7) is 1.53. The Morgan fingerprint density at radius 2 is 2.00 bits per heavy atom. The fourth-order valence-corrected chi connectivity index (χ4v) is 2.72. The van der Waals surface area contributed by atoms with Gasteiger partial charge in [-0.15, -0.1) is 0 Å². The molecule has 8 heteroatoms. The number of furan rings is 1. The zero-order valence-electron chi connectivity index (χ0n) is 14.6. The molecule has 2 amide bonds. The van der Waals surface area contributed by atoms with Crippen molar-refractivity contribution >= 4 is 29.2 Å². The van der Waals surface area contributed by atoms with E-state index in [1.54, 1.807) is 55.7 Å². The van der Waals surface area contributed by atoms with Crippen LogP contribution >= 0.6 is 11.6 Å². The standard InChI is InChI=1S/C19H18ClN3O4/c1-12-9-17(23-27-12)22-18(24)11-21-19(25)16(10-15-3-2-8-26-15)13-4-6-14(20)7-5-13/h2-9,16H,10-11H2,1H3,(H,21,25)(H,22,23,24). The molecule has 27 heavy (non-hydrogen) atoms. The van der Waals surface area contributed by atoms with Crippen LogP contribution in [0.5, 0.6) is 0 Å². The second-order valence-corrected chi connectivity index (χ2v) is 6.41. The predicted molar refractivity (Wildman–Crippen MR) is 99.5 cm³/mol. The zero-order chi connectivity index (χ0) is 19.2. The first kappa shape index (κ1) is 18.7. The van der Waals surface area contributed by atoms with E-state index in [0.717, 1.165) is 5.56 Å². The number of halogens is 1. The number of aromatic nitrogens is 1. The summed E-state index contributed by atoms with van der Waals surface area (Å²) >= 11 is 5.93. The number of amides is 2. The van der Waals surface area contributed by atoms with Crippen molar-refractivity contribution in [3.05, 3.63) is 70.8 Å². The Kier molecular flexibility index (Phi) is 5.93. The third-order valence-electron chi connectivity index (χ3n) is 3.89. The van der Waals surface area contributed by atoms with E-state index in [-0.39, 0.29) is 12.5 Å². The highest BCUT2D eigenvalue weighted by Gasteiger charge is 2.23. The topological polar surface area (TPSA) is 97.4 Å². The molecule has 0 saturated carbocycles. The van der Waals surface area contributed by atoms with E-state index in [1.165, 1.54) is 0 Å². The quantitative estimate of drug-likeness (QED) is 0.648. The molecular formula is C19H18ClN3O4. The lowest BCUT2D eigenvalue weighted by atomic mass is 9.93. The fraction of sp³-hybridized carbons (Fsp3) is 0.211. The maximum Gasteiger partial charge on any atom is 0.245 e. The molecule has 0 radical (unpaired) electrons. The molecule has 2 aromatic heterocycles. The molecule has 2 N–H and O–H groups in total. The first-order valence-corrected chi connectivity index (χ1v) is 8.68. The van der Waals surface area contributed by atoms with Gasteiger partial charge in [0.1, 0.15) is 11.5 Å². The summed E-state index contributed by atoms with van der Waals surface area (Å²) in [5.41, 5.74) is 0.779. The lowest BCUT2D eigenvalue weighted by Crippen LogP contribution is -2.36. The third kappa shape index (κ3) is 5.21. The zero-order valence-corrected chi connectivity index (χ0v) is 15.3. The van der Waals surface area contributed by atoms with E-state index in [0.29, 0.717) is 28.8 Å². The van der Waals surface area contributed by atoms with Crippen LogP contribution in [0.4, 0.5) is 5.82 Å². The van der Waals surface area contributed by atoms with Gasteiger partial charge in [-0.2, -0.15) is 0 Å². The SMILES string of the molecule is Cc1cc(NC(=O)CNC(=O)C(Cc2ccco2)c2ccc(Cl)cc2)no1. The maximum atomic E-state index is 12.7. The minimum atomic E-state index is -0.518. The van der Waals surface area contributed by atoms with Crippen molar-refractivity contribution in [3.8, 4) is 0 Å². The third-order valence-corrected chi connectivity index (χ3v) is 4.14. The molecule has 3 aromatic rings. The first-order valence-electron chi connectivity index (χ1n) is 8.30. The molecule has 7 nitrogen and oxygen atoms in total. The summed E-state index contributed by atoms with van der Waals surface area (Å²) in [5.74, 6) is 0.347. The van der Waals surface area contributed by atoms with Crippen molar-refractivity contribution in [2.45, 2.75) is 19.3 Å². The Morgan fingerprint density at radius 1 is 1.22 bits per heavy atom. The Labute approximate surface area is 160 Å². The van der Waals surface area contributed by atoms with E-state index in [4.69, 9.17) is 20.5 Å². The van der Waals surface area contributed by atoms with Gasteiger partial charge in [-0.1, -0.05) is 28.9 Å². The monoisotopic (exact) mass is 387 g/mol. The van der Waals surface area contributed by atoms with Crippen LogP contribution in [-0.2, 0) is 16.0 Å². The Morgan fingerprint density at radius 3 is 2.63 bits per heavy atom. The average molecular weight is 388 g/mol. The summed E-state index contributed by atoms with van der Waals surface area (Å²) in [5, 5.41) is 9.47. The van der Waals surface area contributed by atoms with Crippen LogP contribution in [0, 0.1) is 6.92 Å². The van der Waals surface area contributed by atoms with Crippen molar-refractivity contribution in [2.75, 3.05) is 11.9 Å². The maximum absolute atomic E-state index is 12.7. The van der Waals surface area contributed by atoms with Gasteiger partial charge in [-0.3, -0.25) is 9.59 Å². The Balaban J connectivity index is 1.65. The number of nitrogens with one attached hydrogen (secondary N) is 2. The van der Waals surface area contributed by atoms with Gasteiger partial charge in [0.05, 0.1) is 18.7 Å². The summed E-state index contributed by atoms with van der Waals surface area (Å²) in [6, 6.07) is 12.2. The van der Waals surface area contributed by atoms with Crippen LogP contribution in [0.2, 0.25) is 5.02 Å². The number of carbonyl (C=O) groups excluding carboxylic acids is 2. The molecule has 0 aliphatic carbocycles. The summed E-state index contributed by atoms with van der Waals surface area (Å²) < 4.78 is 10.2. The molecule has 140 valence electrons. The van der Waals surface area contributed by atoms with Crippen LogP contribution in [0.3, 0.4) is 0 Å². The Hall–Kier alpha value is -3.06. The fourth-order valence-electron chi connectivity index (χ4n) is 2.59. The lowest BCUT2D eigenvalue weighted by molar-refractivity contribution is -0.125. The molecule has 3 rings (SSSR count). The van der Waals surface area contributed by atoms with Crippen molar-refractivity contribution < 1.29 is 18.5 Å². The number of hydrogen-bond acceptors (Lipinski definition) is 5. The first-order chi connectivity index (χ1) is 13.0. The van der Waals surface area contributed by atoms with Gasteiger partial charge in [0.25, 0.3) is 0 Å². The molecule has 0 saturated heterocycles.